The maximum atomic E-state index is 14.5. The van der Waals surface area contributed by atoms with Crippen molar-refractivity contribution in [2.45, 2.75) is 160 Å². The number of carbonyl (C=O) groups excluding carboxylic acids is 10. The van der Waals surface area contributed by atoms with Gasteiger partial charge in [-0.05, 0) is 99.4 Å². The van der Waals surface area contributed by atoms with E-state index in [1.165, 1.54) is 31.2 Å². The number of primary amides is 3. The molecule has 0 aliphatic carbocycles. The first-order chi connectivity index (χ1) is 36.8. The van der Waals surface area contributed by atoms with Crippen molar-refractivity contribution >= 4 is 65.0 Å². The molecule has 10 amide bonds. The van der Waals surface area contributed by atoms with Gasteiger partial charge in [-0.2, -0.15) is 0 Å². The third-order valence-corrected chi connectivity index (χ3v) is 12.4. The lowest BCUT2D eigenvalue weighted by atomic mass is 9.98. The predicted molar refractivity (Wildman–Crippen MR) is 292 cm³/mol. The smallest absolute Gasteiger partial charge is 0.243 e. The van der Waals surface area contributed by atoms with Crippen LogP contribution in [0.4, 0.5) is 0 Å². The molecule has 20 N–H and O–H groups in total. The molecule has 2 rings (SSSR count). The number of rotatable bonds is 37. The molecule has 0 radical (unpaired) electrons. The summed E-state index contributed by atoms with van der Waals surface area (Å²) < 4.78 is 0. The second kappa shape index (κ2) is 34.8. The number of nitrogens with one attached hydrogen (secondary N) is 9. The van der Waals surface area contributed by atoms with Gasteiger partial charge in [-0.25, -0.2) is 0 Å². The lowest BCUT2D eigenvalue weighted by Gasteiger charge is -2.29. The van der Waals surface area contributed by atoms with Crippen molar-refractivity contribution in [3.05, 3.63) is 65.7 Å². The van der Waals surface area contributed by atoms with Gasteiger partial charge in [-0.1, -0.05) is 77.1 Å². The zero-order valence-corrected chi connectivity index (χ0v) is 45.5. The molecule has 432 valence electrons. The Hall–Kier alpha value is -7.83. The van der Waals surface area contributed by atoms with Crippen molar-refractivity contribution in [1.82, 2.24) is 42.5 Å². The summed E-state index contributed by atoms with van der Waals surface area (Å²) in [7, 11) is 0. The molecule has 78 heavy (non-hydrogen) atoms. The summed E-state index contributed by atoms with van der Waals surface area (Å²) in [4.78, 5) is 134. The molecule has 0 unspecified atom stereocenters. The molecule has 8 atom stereocenters. The Morgan fingerprint density at radius 2 is 0.872 bits per heavy atom. The van der Waals surface area contributed by atoms with E-state index in [2.05, 4.69) is 42.5 Å². The fourth-order valence-electron chi connectivity index (χ4n) is 8.11. The number of hydrogen-bond acceptors (Lipinski definition) is 13. The second-order valence-corrected chi connectivity index (χ2v) is 20.3. The number of phenols is 1. The zero-order valence-electron chi connectivity index (χ0n) is 45.5. The molecule has 25 nitrogen and oxygen atoms in total. The SMILES string of the molecule is CC(C)C[C@H](NC(=O)[C@H](CC(C)C)NC(=O)[C@H](CCCCN)NC(=O)[C@H](CCCNC(=N)N)NC(=O)[C@H](Cc1ccc(O)cc1)NC(=O)[C@H](CCC(N)=O)NC(=O)[C@@H](C)CCC(N)=O)C(=O)N[C@@H](Cc1ccccc1)C(N)=O. The maximum absolute atomic E-state index is 14.5. The van der Waals surface area contributed by atoms with Gasteiger partial charge in [0.15, 0.2) is 5.96 Å². The average Bonchev–Trinajstić information content (AvgIpc) is 3.36. The summed E-state index contributed by atoms with van der Waals surface area (Å²) in [5, 5.41) is 39.0. The number of hydrogen-bond donors (Lipinski definition) is 15. The quantitative estimate of drug-likeness (QED) is 0.0213. The minimum atomic E-state index is -1.47. The molecule has 0 aliphatic rings. The Labute approximate surface area is 456 Å². The largest absolute Gasteiger partial charge is 0.508 e. The summed E-state index contributed by atoms with van der Waals surface area (Å²) in [6, 6.07) is 5.57. The highest BCUT2D eigenvalue weighted by molar-refractivity contribution is 5.98. The number of guanidine groups is 1. The molecule has 0 saturated heterocycles. The summed E-state index contributed by atoms with van der Waals surface area (Å²) in [5.74, 6) is -9.14. The Morgan fingerprint density at radius 1 is 0.474 bits per heavy atom. The van der Waals surface area contributed by atoms with E-state index in [-0.39, 0.29) is 107 Å². The molecule has 2 aromatic carbocycles. The molecule has 2 aromatic rings. The third-order valence-electron chi connectivity index (χ3n) is 12.4. The highest BCUT2D eigenvalue weighted by Gasteiger charge is 2.35. The van der Waals surface area contributed by atoms with Gasteiger partial charge in [-0.3, -0.25) is 53.4 Å². The van der Waals surface area contributed by atoms with E-state index < -0.39 is 107 Å². The highest BCUT2D eigenvalue weighted by atomic mass is 16.3. The molecule has 25 heteroatoms. The predicted octanol–water partition coefficient (Wildman–Crippen LogP) is -1.29. The van der Waals surface area contributed by atoms with Gasteiger partial charge in [0.2, 0.25) is 59.1 Å². The van der Waals surface area contributed by atoms with Gasteiger partial charge in [-0.15, -0.1) is 0 Å². The van der Waals surface area contributed by atoms with Crippen LogP contribution in [-0.4, -0.2) is 126 Å². The number of aromatic hydroxyl groups is 1. The van der Waals surface area contributed by atoms with Gasteiger partial charge in [0.1, 0.15) is 48.0 Å². The first-order valence-corrected chi connectivity index (χ1v) is 26.4. The van der Waals surface area contributed by atoms with Crippen LogP contribution in [0.1, 0.15) is 116 Å². The molecule has 0 aromatic heterocycles. The summed E-state index contributed by atoms with van der Waals surface area (Å²) in [6.45, 7) is 9.18. The van der Waals surface area contributed by atoms with Crippen LogP contribution in [0.3, 0.4) is 0 Å². The summed E-state index contributed by atoms with van der Waals surface area (Å²) in [6.07, 6.45) is 0.337. The zero-order chi connectivity index (χ0) is 58.5. The number of carbonyl (C=O) groups is 10. The van der Waals surface area contributed by atoms with E-state index in [9.17, 15) is 53.1 Å². The van der Waals surface area contributed by atoms with Crippen molar-refractivity contribution in [2.75, 3.05) is 13.1 Å². The normalized spacial score (nSPS) is 14.2. The molecule has 0 saturated carbocycles. The maximum Gasteiger partial charge on any atom is 0.243 e. The van der Waals surface area contributed by atoms with E-state index >= 15 is 0 Å². The number of amides is 10. The minimum Gasteiger partial charge on any atom is -0.508 e. The van der Waals surface area contributed by atoms with Crippen LogP contribution >= 0.6 is 0 Å². The summed E-state index contributed by atoms with van der Waals surface area (Å²) >= 11 is 0. The van der Waals surface area contributed by atoms with Gasteiger partial charge in [0.25, 0.3) is 0 Å². The van der Waals surface area contributed by atoms with E-state index in [0.29, 0.717) is 18.4 Å². The number of unbranched alkanes of at least 4 members (excludes halogenated alkanes) is 1. The number of benzene rings is 2. The van der Waals surface area contributed by atoms with Crippen LogP contribution in [0.15, 0.2) is 54.6 Å². The monoisotopic (exact) mass is 1090 g/mol. The van der Waals surface area contributed by atoms with Gasteiger partial charge in [0.05, 0.1) is 0 Å². The van der Waals surface area contributed by atoms with Gasteiger partial charge >= 0.3 is 0 Å². The highest BCUT2D eigenvalue weighted by Crippen LogP contribution is 2.15. The van der Waals surface area contributed by atoms with E-state index in [0.717, 1.165) is 5.56 Å². The summed E-state index contributed by atoms with van der Waals surface area (Å²) in [5.41, 5.74) is 28.8. The molecule has 0 heterocycles. The lowest BCUT2D eigenvalue weighted by Crippen LogP contribution is -2.60. The van der Waals surface area contributed by atoms with Crippen LogP contribution in [0.25, 0.3) is 0 Å². The minimum absolute atomic E-state index is 0.0325. The standard InChI is InChI=1S/C53H84N14O11/c1-30(2)26-40(50(76)64-39(45(57)71)28-33-12-7-6-8-13-33)66-51(77)41(27-31(3)4)65-48(74)36(14-9-10-24-54)62-47(73)37(15-11-25-60-53(58)59)63-52(78)42(29-34-17-19-35(68)20-18-34)67-49(75)38(21-23-44(56)70)61-46(72)32(5)16-22-43(55)69/h6-8,12-13,17-20,30-32,36-42,68H,9-11,14-16,21-29,54H2,1-5H3,(H2,55,69)(H2,56,70)(H2,57,71)(H,61,72)(H,62,73)(H,63,78)(H,64,76)(H,65,74)(H,66,77)(H,67,75)(H4,58,59,60)/t32-,36-,37-,38-,39-,40-,41-,42-/m0/s1. The van der Waals surface area contributed by atoms with E-state index in [1.54, 1.807) is 30.3 Å². The average molecular weight is 1090 g/mol. The fourth-order valence-corrected chi connectivity index (χ4v) is 8.11. The van der Waals surface area contributed by atoms with Crippen molar-refractivity contribution in [1.29, 1.82) is 5.41 Å². The lowest BCUT2D eigenvalue weighted by molar-refractivity contribution is -0.136. The molecular weight excluding hydrogens is 1010 g/mol. The molecular formula is C53H84N14O11. The second-order valence-electron chi connectivity index (χ2n) is 20.3. The van der Waals surface area contributed by atoms with Gasteiger partial charge < -0.3 is 76.3 Å². The van der Waals surface area contributed by atoms with Crippen LogP contribution in [0.5, 0.6) is 5.75 Å². The van der Waals surface area contributed by atoms with Crippen molar-refractivity contribution in [2.24, 2.45) is 46.4 Å². The fraction of sp³-hybridized carbons (Fsp3) is 0.566. The van der Waals surface area contributed by atoms with Crippen LogP contribution in [0, 0.1) is 23.2 Å². The van der Waals surface area contributed by atoms with E-state index in [4.69, 9.17) is 34.1 Å². The van der Waals surface area contributed by atoms with Gasteiger partial charge in [0, 0.05) is 38.1 Å². The van der Waals surface area contributed by atoms with Crippen LogP contribution in [-0.2, 0) is 60.8 Å². The molecule has 0 fully saturated rings. The Kier molecular flexibility index (Phi) is 29.5. The Balaban J connectivity index is 2.52. The van der Waals surface area contributed by atoms with Crippen molar-refractivity contribution < 1.29 is 53.1 Å². The molecule has 0 bridgehead atoms. The first kappa shape index (κ1) is 66.3. The first-order valence-electron chi connectivity index (χ1n) is 26.4. The number of nitrogens with two attached hydrogens (primary N) is 5. The van der Waals surface area contributed by atoms with E-state index in [1.807, 2.05) is 27.7 Å². The van der Waals surface area contributed by atoms with Crippen LogP contribution in [0.2, 0.25) is 0 Å². The van der Waals surface area contributed by atoms with Crippen molar-refractivity contribution in [3.63, 3.8) is 0 Å². The van der Waals surface area contributed by atoms with Crippen LogP contribution < -0.4 is 71.2 Å². The Bertz CT molecular complexity index is 2320. The third kappa shape index (κ3) is 26.3. The van der Waals surface area contributed by atoms with Crippen molar-refractivity contribution in [3.8, 4) is 5.75 Å². The molecule has 0 aliphatic heterocycles. The molecule has 0 spiro atoms. The Morgan fingerprint density at radius 3 is 1.35 bits per heavy atom. The number of phenolic OH excluding ortho intramolecular Hbond substituents is 1. The topological polar surface area (TPSA) is 441 Å².